The highest BCUT2D eigenvalue weighted by Gasteiger charge is 1.99. The van der Waals surface area contributed by atoms with Crippen LogP contribution in [0.2, 0.25) is 0 Å². The van der Waals surface area contributed by atoms with Gasteiger partial charge in [-0.1, -0.05) is 29.4 Å². The van der Waals surface area contributed by atoms with Gasteiger partial charge < -0.3 is 9.94 Å². The van der Waals surface area contributed by atoms with Crippen LogP contribution < -0.4 is 4.74 Å². The van der Waals surface area contributed by atoms with Gasteiger partial charge in [0.05, 0.1) is 5.71 Å². The van der Waals surface area contributed by atoms with Crippen molar-refractivity contribution in [2.75, 3.05) is 0 Å². The fourth-order valence-electron chi connectivity index (χ4n) is 1.78. The summed E-state index contributed by atoms with van der Waals surface area (Å²) in [6, 6.07) is 16.1. The summed E-state index contributed by atoms with van der Waals surface area (Å²) < 4.78 is 6.96. The molecule has 0 amide bonds. The van der Waals surface area contributed by atoms with Gasteiger partial charge in [-0.25, -0.2) is 0 Å². The van der Waals surface area contributed by atoms with Crippen molar-refractivity contribution in [3.63, 3.8) is 0 Å². The quantitative estimate of drug-likeness (QED) is 0.364. The summed E-state index contributed by atoms with van der Waals surface area (Å²) in [6.45, 7) is 2.36. The van der Waals surface area contributed by atoms with Crippen molar-refractivity contribution in [2.45, 2.75) is 20.0 Å². The lowest BCUT2D eigenvalue weighted by Crippen LogP contribution is -1.98. The molecule has 20 heavy (non-hydrogen) atoms. The first kappa shape index (κ1) is 14.8. The standard InChI is InChI=1S/C16H16INO2/c1-12(18-19)10-13-4-8-16(9-5-13)20-11-14-2-6-15(17)7-3-14/h2-9,19H,10-11H2,1H3/b18-12-. The molecular weight excluding hydrogens is 365 g/mol. The molecule has 0 aliphatic heterocycles. The van der Waals surface area contributed by atoms with E-state index in [1.54, 1.807) is 6.92 Å². The Morgan fingerprint density at radius 2 is 1.65 bits per heavy atom. The molecule has 0 aliphatic rings. The fraction of sp³-hybridized carbons (Fsp3) is 0.188. The highest BCUT2D eigenvalue weighted by Crippen LogP contribution is 2.15. The van der Waals surface area contributed by atoms with Gasteiger partial charge >= 0.3 is 0 Å². The van der Waals surface area contributed by atoms with Crippen LogP contribution in [-0.4, -0.2) is 10.9 Å². The topological polar surface area (TPSA) is 41.8 Å². The molecule has 0 unspecified atom stereocenters. The van der Waals surface area contributed by atoms with Crippen LogP contribution in [0, 0.1) is 3.57 Å². The number of rotatable bonds is 5. The van der Waals surface area contributed by atoms with Crippen LogP contribution in [0.3, 0.4) is 0 Å². The van der Waals surface area contributed by atoms with Crippen LogP contribution in [0.1, 0.15) is 18.1 Å². The maximum absolute atomic E-state index is 8.64. The van der Waals surface area contributed by atoms with Crippen LogP contribution >= 0.6 is 22.6 Å². The lowest BCUT2D eigenvalue weighted by molar-refractivity contribution is 0.306. The molecule has 4 heteroatoms. The van der Waals surface area contributed by atoms with Crippen molar-refractivity contribution in [1.29, 1.82) is 0 Å². The van der Waals surface area contributed by atoms with E-state index in [0.717, 1.165) is 16.9 Å². The molecule has 3 nitrogen and oxygen atoms in total. The zero-order chi connectivity index (χ0) is 14.4. The normalized spacial score (nSPS) is 11.4. The number of benzene rings is 2. The average Bonchev–Trinajstić information content (AvgIpc) is 2.48. The van der Waals surface area contributed by atoms with Crippen molar-refractivity contribution < 1.29 is 9.94 Å². The Kier molecular flexibility index (Phi) is 5.40. The zero-order valence-electron chi connectivity index (χ0n) is 11.2. The van der Waals surface area contributed by atoms with Crippen LogP contribution in [0.4, 0.5) is 0 Å². The van der Waals surface area contributed by atoms with Crippen molar-refractivity contribution in [3.8, 4) is 5.75 Å². The highest BCUT2D eigenvalue weighted by atomic mass is 127. The van der Waals surface area contributed by atoms with E-state index in [1.807, 2.05) is 24.3 Å². The Balaban J connectivity index is 1.92. The lowest BCUT2D eigenvalue weighted by Gasteiger charge is -2.07. The summed E-state index contributed by atoms with van der Waals surface area (Å²) in [5, 5.41) is 11.8. The van der Waals surface area contributed by atoms with Crippen molar-refractivity contribution in [2.24, 2.45) is 5.16 Å². The molecule has 0 radical (unpaired) electrons. The number of ether oxygens (including phenoxy) is 1. The Morgan fingerprint density at radius 1 is 1.05 bits per heavy atom. The monoisotopic (exact) mass is 381 g/mol. The number of nitrogens with zero attached hydrogens (tertiary/aromatic N) is 1. The number of hydrogen-bond donors (Lipinski definition) is 1. The molecule has 0 atom stereocenters. The Hall–Kier alpha value is -1.56. The molecule has 1 N–H and O–H groups in total. The molecule has 0 aliphatic carbocycles. The predicted octanol–water partition coefficient (Wildman–Crippen LogP) is 4.26. The molecule has 0 heterocycles. The second-order valence-electron chi connectivity index (χ2n) is 4.57. The Morgan fingerprint density at radius 3 is 2.25 bits per heavy atom. The molecule has 0 fully saturated rings. The van der Waals surface area contributed by atoms with Crippen molar-refractivity contribution >= 4 is 28.3 Å². The lowest BCUT2D eigenvalue weighted by atomic mass is 10.1. The van der Waals surface area contributed by atoms with E-state index in [1.165, 1.54) is 3.57 Å². The molecule has 0 spiro atoms. The third-order valence-electron chi connectivity index (χ3n) is 2.87. The second kappa shape index (κ2) is 7.28. The van der Waals surface area contributed by atoms with Gasteiger partial charge in [-0.3, -0.25) is 0 Å². The van der Waals surface area contributed by atoms with E-state index in [2.05, 4.69) is 52.0 Å². The SMILES string of the molecule is C/C(Cc1ccc(OCc2ccc(I)cc2)cc1)=N/O. The van der Waals surface area contributed by atoms with Crippen molar-refractivity contribution in [1.82, 2.24) is 0 Å². The maximum atomic E-state index is 8.64. The van der Waals surface area contributed by atoms with Gasteiger partial charge in [0.1, 0.15) is 12.4 Å². The summed E-state index contributed by atoms with van der Waals surface area (Å²) in [4.78, 5) is 0. The van der Waals surface area contributed by atoms with E-state index in [9.17, 15) is 0 Å². The van der Waals surface area contributed by atoms with Crippen LogP contribution in [-0.2, 0) is 13.0 Å². The molecule has 0 saturated carbocycles. The smallest absolute Gasteiger partial charge is 0.119 e. The molecule has 0 aromatic heterocycles. The summed E-state index contributed by atoms with van der Waals surface area (Å²) in [5.41, 5.74) is 2.94. The molecule has 2 rings (SSSR count). The van der Waals surface area contributed by atoms with E-state index in [0.29, 0.717) is 18.7 Å². The van der Waals surface area contributed by atoms with E-state index < -0.39 is 0 Å². The third-order valence-corrected chi connectivity index (χ3v) is 3.59. The largest absolute Gasteiger partial charge is 0.489 e. The van der Waals surface area contributed by atoms with Crippen LogP contribution in [0.25, 0.3) is 0 Å². The average molecular weight is 381 g/mol. The molecule has 0 saturated heterocycles. The molecule has 2 aromatic carbocycles. The second-order valence-corrected chi connectivity index (χ2v) is 5.82. The van der Waals surface area contributed by atoms with Gasteiger partial charge in [0, 0.05) is 9.99 Å². The van der Waals surface area contributed by atoms with Gasteiger partial charge in [0.15, 0.2) is 0 Å². The van der Waals surface area contributed by atoms with Gasteiger partial charge in [0.25, 0.3) is 0 Å². The molecule has 104 valence electrons. The summed E-state index contributed by atoms with van der Waals surface area (Å²) in [5.74, 6) is 0.839. The number of oxime groups is 1. The summed E-state index contributed by atoms with van der Waals surface area (Å²) in [7, 11) is 0. The summed E-state index contributed by atoms with van der Waals surface area (Å²) >= 11 is 2.28. The first-order chi connectivity index (χ1) is 9.67. The number of hydrogen-bond acceptors (Lipinski definition) is 3. The minimum absolute atomic E-state index is 0.563. The minimum atomic E-state index is 0.563. The molecule has 0 bridgehead atoms. The van der Waals surface area contributed by atoms with E-state index in [4.69, 9.17) is 9.94 Å². The predicted molar refractivity (Wildman–Crippen MR) is 88.5 cm³/mol. The zero-order valence-corrected chi connectivity index (χ0v) is 13.4. The van der Waals surface area contributed by atoms with Gasteiger partial charge in [-0.05, 0) is 64.9 Å². The molecular formula is C16H16INO2. The van der Waals surface area contributed by atoms with Gasteiger partial charge in [-0.15, -0.1) is 0 Å². The van der Waals surface area contributed by atoms with Crippen molar-refractivity contribution in [3.05, 3.63) is 63.2 Å². The van der Waals surface area contributed by atoms with Crippen LogP contribution in [0.5, 0.6) is 5.75 Å². The first-order valence-corrected chi connectivity index (χ1v) is 7.39. The number of halogens is 1. The maximum Gasteiger partial charge on any atom is 0.119 e. The van der Waals surface area contributed by atoms with E-state index in [-0.39, 0.29) is 0 Å². The summed E-state index contributed by atoms with van der Waals surface area (Å²) in [6.07, 6.45) is 0.647. The van der Waals surface area contributed by atoms with E-state index >= 15 is 0 Å². The first-order valence-electron chi connectivity index (χ1n) is 6.31. The Labute approximate surface area is 132 Å². The van der Waals surface area contributed by atoms with Gasteiger partial charge in [-0.2, -0.15) is 0 Å². The highest BCUT2D eigenvalue weighted by molar-refractivity contribution is 14.1. The van der Waals surface area contributed by atoms with Gasteiger partial charge in [0.2, 0.25) is 0 Å². The fourth-order valence-corrected chi connectivity index (χ4v) is 2.14. The minimum Gasteiger partial charge on any atom is -0.489 e. The Bertz CT molecular complexity index is 576. The van der Waals surface area contributed by atoms with Crippen LogP contribution in [0.15, 0.2) is 53.7 Å². The third kappa shape index (κ3) is 4.52. The molecule has 2 aromatic rings.